The van der Waals surface area contributed by atoms with Gasteiger partial charge in [-0.25, -0.2) is 4.39 Å². The maximum atomic E-state index is 13.0. The molecule has 28 heavy (non-hydrogen) atoms. The highest BCUT2D eigenvalue weighted by Crippen LogP contribution is 2.33. The van der Waals surface area contributed by atoms with Crippen molar-refractivity contribution in [2.24, 2.45) is 0 Å². The number of likely N-dealkylation sites (tertiary alicyclic amines) is 1. The van der Waals surface area contributed by atoms with E-state index in [1.54, 1.807) is 12.1 Å². The Hall–Kier alpha value is -2.74. The fraction of sp³-hybridized carbons (Fsp3) is 0.300. The zero-order valence-electron chi connectivity index (χ0n) is 14.8. The lowest BCUT2D eigenvalue weighted by Gasteiger charge is -2.15. The molecular weight excluding hydrogens is 374 g/mol. The van der Waals surface area contributed by atoms with Gasteiger partial charge < -0.3 is 4.52 Å². The van der Waals surface area contributed by atoms with Crippen molar-refractivity contribution in [2.75, 3.05) is 13.1 Å². The van der Waals surface area contributed by atoms with Gasteiger partial charge in [0.1, 0.15) is 5.82 Å². The van der Waals surface area contributed by atoms with Crippen LogP contribution in [0.5, 0.6) is 0 Å². The van der Waals surface area contributed by atoms with Crippen LogP contribution in [0.1, 0.15) is 29.4 Å². The molecule has 0 saturated carbocycles. The predicted octanol–water partition coefficient (Wildman–Crippen LogP) is 4.88. The second kappa shape index (κ2) is 7.35. The number of nitrogens with zero attached hydrogens (tertiary/aromatic N) is 3. The van der Waals surface area contributed by atoms with Crippen LogP contribution in [0.15, 0.2) is 53.1 Å². The van der Waals surface area contributed by atoms with Gasteiger partial charge in [-0.05, 0) is 42.8 Å². The molecule has 2 heterocycles. The molecule has 0 bridgehead atoms. The third-order valence-electron chi connectivity index (χ3n) is 4.83. The van der Waals surface area contributed by atoms with Gasteiger partial charge in [0.25, 0.3) is 0 Å². The summed E-state index contributed by atoms with van der Waals surface area (Å²) in [7, 11) is 0. The maximum Gasteiger partial charge on any atom is 0.416 e. The summed E-state index contributed by atoms with van der Waals surface area (Å²) >= 11 is 0. The van der Waals surface area contributed by atoms with Gasteiger partial charge in [0.2, 0.25) is 11.7 Å². The zero-order chi connectivity index (χ0) is 19.7. The fourth-order valence-corrected chi connectivity index (χ4v) is 3.38. The summed E-state index contributed by atoms with van der Waals surface area (Å²) in [5, 5.41) is 3.86. The number of hydrogen-bond acceptors (Lipinski definition) is 4. The normalized spacial score (nSPS) is 17.9. The molecule has 0 aliphatic carbocycles. The molecule has 4 rings (SSSR count). The molecule has 2 aromatic carbocycles. The molecule has 1 fully saturated rings. The van der Waals surface area contributed by atoms with Crippen molar-refractivity contribution in [3.63, 3.8) is 0 Å². The lowest BCUT2D eigenvalue weighted by molar-refractivity contribution is -0.137. The number of alkyl halides is 3. The van der Waals surface area contributed by atoms with Crippen LogP contribution in [0.3, 0.4) is 0 Å². The molecule has 1 aromatic heterocycles. The Kier molecular flexibility index (Phi) is 4.89. The summed E-state index contributed by atoms with van der Waals surface area (Å²) in [5.41, 5.74) is 0.533. The Balaban J connectivity index is 1.44. The Morgan fingerprint density at radius 3 is 2.64 bits per heavy atom. The summed E-state index contributed by atoms with van der Waals surface area (Å²) in [6.45, 7) is 2.20. The largest absolute Gasteiger partial charge is 0.416 e. The third kappa shape index (κ3) is 4.06. The van der Waals surface area contributed by atoms with E-state index in [-0.39, 0.29) is 23.1 Å². The lowest BCUT2D eigenvalue weighted by Crippen LogP contribution is -2.19. The van der Waals surface area contributed by atoms with E-state index in [0.717, 1.165) is 30.7 Å². The van der Waals surface area contributed by atoms with E-state index >= 15 is 0 Å². The van der Waals surface area contributed by atoms with Gasteiger partial charge in [-0.15, -0.1) is 0 Å². The first-order chi connectivity index (χ1) is 13.4. The Labute approximate surface area is 158 Å². The molecule has 0 N–H and O–H groups in total. The Morgan fingerprint density at radius 1 is 1.11 bits per heavy atom. The van der Waals surface area contributed by atoms with Crippen molar-refractivity contribution in [3.05, 3.63) is 71.4 Å². The van der Waals surface area contributed by atoms with Crippen LogP contribution >= 0.6 is 0 Å². The minimum atomic E-state index is -4.42. The monoisotopic (exact) mass is 391 g/mol. The van der Waals surface area contributed by atoms with Gasteiger partial charge >= 0.3 is 6.18 Å². The van der Waals surface area contributed by atoms with E-state index < -0.39 is 11.7 Å². The maximum absolute atomic E-state index is 13.0. The van der Waals surface area contributed by atoms with Crippen LogP contribution in [0.25, 0.3) is 11.4 Å². The van der Waals surface area contributed by atoms with Gasteiger partial charge in [0, 0.05) is 18.7 Å². The fourth-order valence-electron chi connectivity index (χ4n) is 3.38. The predicted molar refractivity (Wildman–Crippen MR) is 93.8 cm³/mol. The van der Waals surface area contributed by atoms with Crippen molar-refractivity contribution < 1.29 is 22.1 Å². The molecule has 1 atom stereocenters. The van der Waals surface area contributed by atoms with E-state index in [0.29, 0.717) is 19.0 Å². The number of halogens is 4. The molecule has 0 unspecified atom stereocenters. The van der Waals surface area contributed by atoms with E-state index in [4.69, 9.17) is 4.52 Å². The molecule has 1 saturated heterocycles. The average molecular weight is 391 g/mol. The molecule has 0 radical (unpaired) electrons. The van der Waals surface area contributed by atoms with Crippen molar-refractivity contribution in [2.45, 2.75) is 25.1 Å². The minimum Gasteiger partial charge on any atom is -0.339 e. The second-order valence-electron chi connectivity index (χ2n) is 6.88. The first-order valence-corrected chi connectivity index (χ1v) is 8.86. The van der Waals surface area contributed by atoms with Gasteiger partial charge in [0.05, 0.1) is 11.5 Å². The summed E-state index contributed by atoms with van der Waals surface area (Å²) in [6.07, 6.45) is -3.61. The molecule has 0 spiro atoms. The van der Waals surface area contributed by atoms with E-state index in [1.165, 1.54) is 24.3 Å². The molecule has 146 valence electrons. The first-order valence-electron chi connectivity index (χ1n) is 8.86. The molecular formula is C20H17F4N3O. The third-order valence-corrected chi connectivity index (χ3v) is 4.83. The quantitative estimate of drug-likeness (QED) is 0.595. The van der Waals surface area contributed by atoms with Gasteiger partial charge in [-0.3, -0.25) is 4.90 Å². The average Bonchev–Trinajstić information content (AvgIpc) is 3.32. The number of hydrogen-bond donors (Lipinski definition) is 0. The summed E-state index contributed by atoms with van der Waals surface area (Å²) < 4.78 is 57.0. The van der Waals surface area contributed by atoms with Crippen molar-refractivity contribution in [1.82, 2.24) is 15.0 Å². The summed E-state index contributed by atoms with van der Waals surface area (Å²) in [6, 6.07) is 11.2. The highest BCUT2D eigenvalue weighted by atomic mass is 19.4. The van der Waals surface area contributed by atoms with E-state index in [9.17, 15) is 17.6 Å². The lowest BCUT2D eigenvalue weighted by atomic mass is 10.1. The van der Waals surface area contributed by atoms with Crippen LogP contribution in [0, 0.1) is 5.82 Å². The highest BCUT2D eigenvalue weighted by Gasteiger charge is 2.31. The molecule has 1 aliphatic heterocycles. The molecule has 3 aromatic rings. The smallest absolute Gasteiger partial charge is 0.339 e. The van der Waals surface area contributed by atoms with Crippen molar-refractivity contribution in [3.8, 4) is 11.4 Å². The first kappa shape index (κ1) is 18.6. The number of benzene rings is 2. The van der Waals surface area contributed by atoms with Crippen molar-refractivity contribution in [1.29, 1.82) is 0 Å². The number of aromatic nitrogens is 2. The second-order valence-corrected chi connectivity index (χ2v) is 6.88. The Bertz CT molecular complexity index is 953. The number of rotatable bonds is 4. The van der Waals surface area contributed by atoms with Gasteiger partial charge in [0.15, 0.2) is 0 Å². The van der Waals surface area contributed by atoms with Gasteiger partial charge in [-0.2, -0.15) is 18.2 Å². The van der Waals surface area contributed by atoms with Crippen LogP contribution in [0.4, 0.5) is 17.6 Å². The molecule has 0 amide bonds. The molecule has 1 aliphatic rings. The Morgan fingerprint density at radius 2 is 1.89 bits per heavy atom. The van der Waals surface area contributed by atoms with Crippen molar-refractivity contribution >= 4 is 0 Å². The standard InChI is InChI=1S/C20H17F4N3O/c21-17-6-4-13(5-7-17)11-27-9-8-15(12-27)19-25-18(26-28-19)14-2-1-3-16(10-14)20(22,23)24/h1-7,10,15H,8-9,11-12H2/t15-/m0/s1. The highest BCUT2D eigenvalue weighted by molar-refractivity contribution is 5.55. The topological polar surface area (TPSA) is 42.2 Å². The van der Waals surface area contributed by atoms with Crippen LogP contribution < -0.4 is 0 Å². The zero-order valence-corrected chi connectivity index (χ0v) is 14.8. The molecule has 8 heteroatoms. The van der Waals surface area contributed by atoms with Crippen LogP contribution in [-0.2, 0) is 12.7 Å². The SMILES string of the molecule is Fc1ccc(CN2CC[C@H](c3nc(-c4cccc(C(F)(F)F)c4)no3)C2)cc1. The summed E-state index contributed by atoms with van der Waals surface area (Å²) in [5.74, 6) is 0.329. The van der Waals surface area contributed by atoms with E-state index in [2.05, 4.69) is 15.0 Å². The summed E-state index contributed by atoms with van der Waals surface area (Å²) in [4.78, 5) is 6.52. The van der Waals surface area contributed by atoms with Crippen LogP contribution in [0.2, 0.25) is 0 Å². The molecule has 4 nitrogen and oxygen atoms in total. The minimum absolute atomic E-state index is 0.0208. The van der Waals surface area contributed by atoms with E-state index in [1.807, 2.05) is 0 Å². The van der Waals surface area contributed by atoms with Gasteiger partial charge in [-0.1, -0.05) is 29.4 Å². The van der Waals surface area contributed by atoms with Crippen LogP contribution in [-0.4, -0.2) is 28.1 Å².